The molecule has 1 amide bonds. The van der Waals surface area contributed by atoms with Crippen LogP contribution in [0, 0.1) is 0 Å². The summed E-state index contributed by atoms with van der Waals surface area (Å²) in [4.78, 5) is 15.9. The van der Waals surface area contributed by atoms with Gasteiger partial charge in [-0.2, -0.15) is 0 Å². The number of hydrogen-bond acceptors (Lipinski definition) is 3. The number of carbonyl (C=O) groups is 1. The van der Waals surface area contributed by atoms with Crippen molar-refractivity contribution in [2.75, 3.05) is 13.1 Å². The Morgan fingerprint density at radius 2 is 2.32 bits per heavy atom. The predicted molar refractivity (Wildman–Crippen MR) is 80.5 cm³/mol. The first-order chi connectivity index (χ1) is 8.93. The molecule has 1 aliphatic heterocycles. The standard InChI is InChI=1S/C15H24N2OS/c1-5-15(3,4)16-14(18)10-17-8-6-13-12(11(17)2)7-9-19-13/h7,9,11H,5-6,8,10H2,1-4H3,(H,16,18)/t11-/m0/s1. The van der Waals surface area contributed by atoms with E-state index in [2.05, 4.69) is 49.4 Å². The smallest absolute Gasteiger partial charge is 0.234 e. The fourth-order valence-corrected chi connectivity index (χ4v) is 3.43. The van der Waals surface area contributed by atoms with E-state index in [4.69, 9.17) is 0 Å². The van der Waals surface area contributed by atoms with Crippen molar-refractivity contribution in [3.63, 3.8) is 0 Å². The second-order valence-electron chi connectivity index (χ2n) is 5.98. The van der Waals surface area contributed by atoms with Crippen molar-refractivity contribution < 1.29 is 4.79 Å². The van der Waals surface area contributed by atoms with Crippen LogP contribution in [0.1, 0.15) is 50.6 Å². The second kappa shape index (κ2) is 5.63. The second-order valence-corrected chi connectivity index (χ2v) is 6.98. The van der Waals surface area contributed by atoms with Gasteiger partial charge in [-0.15, -0.1) is 11.3 Å². The molecule has 1 aromatic heterocycles. The van der Waals surface area contributed by atoms with Crippen LogP contribution >= 0.6 is 11.3 Å². The quantitative estimate of drug-likeness (QED) is 0.919. The summed E-state index contributed by atoms with van der Waals surface area (Å²) in [6.07, 6.45) is 2.02. The molecule has 1 N–H and O–H groups in total. The van der Waals surface area contributed by atoms with E-state index in [9.17, 15) is 4.79 Å². The molecule has 106 valence electrons. The number of hydrogen-bond donors (Lipinski definition) is 1. The van der Waals surface area contributed by atoms with E-state index in [0.29, 0.717) is 12.6 Å². The van der Waals surface area contributed by atoms with Gasteiger partial charge in [0.2, 0.25) is 5.91 Å². The maximum Gasteiger partial charge on any atom is 0.234 e. The van der Waals surface area contributed by atoms with E-state index >= 15 is 0 Å². The van der Waals surface area contributed by atoms with Crippen LogP contribution in [0.3, 0.4) is 0 Å². The summed E-state index contributed by atoms with van der Waals surface area (Å²) in [6.45, 7) is 9.92. The Balaban J connectivity index is 1.96. The zero-order valence-electron chi connectivity index (χ0n) is 12.3. The summed E-state index contributed by atoms with van der Waals surface area (Å²) < 4.78 is 0. The maximum atomic E-state index is 12.1. The first-order valence-electron chi connectivity index (χ1n) is 7.04. The molecule has 3 nitrogen and oxygen atoms in total. The molecule has 2 rings (SSSR count). The molecule has 19 heavy (non-hydrogen) atoms. The molecule has 0 radical (unpaired) electrons. The number of nitrogens with one attached hydrogen (secondary N) is 1. The molecule has 0 saturated carbocycles. The van der Waals surface area contributed by atoms with Crippen LogP contribution in [0.2, 0.25) is 0 Å². The molecular weight excluding hydrogens is 256 g/mol. The van der Waals surface area contributed by atoms with Crippen LogP contribution in [0.25, 0.3) is 0 Å². The lowest BCUT2D eigenvalue weighted by Gasteiger charge is -2.34. The van der Waals surface area contributed by atoms with Gasteiger partial charge in [0.25, 0.3) is 0 Å². The summed E-state index contributed by atoms with van der Waals surface area (Å²) in [5.74, 6) is 0.136. The fraction of sp³-hybridized carbons (Fsp3) is 0.667. The van der Waals surface area contributed by atoms with E-state index in [1.54, 1.807) is 0 Å². The molecular formula is C15H24N2OS. The lowest BCUT2D eigenvalue weighted by Crippen LogP contribution is -2.48. The number of amides is 1. The summed E-state index contributed by atoms with van der Waals surface area (Å²) in [7, 11) is 0. The zero-order valence-corrected chi connectivity index (χ0v) is 13.1. The number of rotatable bonds is 4. The highest BCUT2D eigenvalue weighted by atomic mass is 32.1. The Bertz CT molecular complexity index is 453. The van der Waals surface area contributed by atoms with E-state index in [1.165, 1.54) is 10.4 Å². The number of nitrogens with zero attached hydrogens (tertiary/aromatic N) is 1. The zero-order chi connectivity index (χ0) is 14.0. The Morgan fingerprint density at radius 3 is 3.00 bits per heavy atom. The molecule has 0 aromatic carbocycles. The third kappa shape index (κ3) is 3.37. The van der Waals surface area contributed by atoms with E-state index in [-0.39, 0.29) is 11.4 Å². The molecule has 0 spiro atoms. The lowest BCUT2D eigenvalue weighted by atomic mass is 10.0. The van der Waals surface area contributed by atoms with Gasteiger partial charge >= 0.3 is 0 Å². The minimum atomic E-state index is -0.107. The molecule has 2 heterocycles. The van der Waals surface area contributed by atoms with Gasteiger partial charge < -0.3 is 5.32 Å². The van der Waals surface area contributed by atoms with Crippen molar-refractivity contribution >= 4 is 17.2 Å². The van der Waals surface area contributed by atoms with Crippen LogP contribution < -0.4 is 5.32 Å². The first kappa shape index (κ1) is 14.5. The minimum Gasteiger partial charge on any atom is -0.350 e. The Hall–Kier alpha value is -0.870. The van der Waals surface area contributed by atoms with E-state index in [0.717, 1.165) is 19.4 Å². The highest BCUT2D eigenvalue weighted by Crippen LogP contribution is 2.32. The fourth-order valence-electron chi connectivity index (χ4n) is 2.47. The van der Waals surface area contributed by atoms with Crippen LogP contribution in [-0.4, -0.2) is 29.4 Å². The third-order valence-electron chi connectivity index (χ3n) is 4.11. The summed E-state index contributed by atoms with van der Waals surface area (Å²) in [5, 5.41) is 5.27. The minimum absolute atomic E-state index is 0.107. The molecule has 4 heteroatoms. The number of carbonyl (C=O) groups excluding carboxylic acids is 1. The lowest BCUT2D eigenvalue weighted by molar-refractivity contribution is -0.124. The van der Waals surface area contributed by atoms with Crippen molar-refractivity contribution in [3.8, 4) is 0 Å². The maximum absolute atomic E-state index is 12.1. The van der Waals surface area contributed by atoms with Gasteiger partial charge in [0, 0.05) is 23.0 Å². The van der Waals surface area contributed by atoms with Gasteiger partial charge in [-0.05, 0) is 50.6 Å². The predicted octanol–water partition coefficient (Wildman–Crippen LogP) is 2.97. The van der Waals surface area contributed by atoms with Gasteiger partial charge in [0.1, 0.15) is 0 Å². The molecule has 0 unspecified atom stereocenters. The number of thiophene rings is 1. The van der Waals surface area contributed by atoms with Crippen molar-refractivity contribution in [1.82, 2.24) is 10.2 Å². The van der Waals surface area contributed by atoms with Crippen molar-refractivity contribution in [1.29, 1.82) is 0 Å². The van der Waals surface area contributed by atoms with Gasteiger partial charge in [-0.3, -0.25) is 9.69 Å². The van der Waals surface area contributed by atoms with Crippen LogP contribution in [0.5, 0.6) is 0 Å². The Morgan fingerprint density at radius 1 is 1.58 bits per heavy atom. The monoisotopic (exact) mass is 280 g/mol. The van der Waals surface area contributed by atoms with Gasteiger partial charge in [0.05, 0.1) is 6.54 Å². The molecule has 0 bridgehead atoms. The van der Waals surface area contributed by atoms with Crippen LogP contribution in [-0.2, 0) is 11.2 Å². The van der Waals surface area contributed by atoms with Crippen molar-refractivity contribution in [2.45, 2.75) is 52.1 Å². The van der Waals surface area contributed by atoms with Crippen LogP contribution in [0.4, 0.5) is 0 Å². The molecule has 1 aliphatic rings. The highest BCUT2D eigenvalue weighted by molar-refractivity contribution is 7.10. The van der Waals surface area contributed by atoms with Crippen LogP contribution in [0.15, 0.2) is 11.4 Å². The Kier molecular flexibility index (Phi) is 4.31. The van der Waals surface area contributed by atoms with Gasteiger partial charge in [-0.1, -0.05) is 6.92 Å². The molecule has 0 saturated heterocycles. The molecule has 0 fully saturated rings. The summed E-state index contributed by atoms with van der Waals surface area (Å²) >= 11 is 1.84. The third-order valence-corrected chi connectivity index (χ3v) is 5.11. The van der Waals surface area contributed by atoms with Gasteiger partial charge in [-0.25, -0.2) is 0 Å². The van der Waals surface area contributed by atoms with E-state index < -0.39 is 0 Å². The topological polar surface area (TPSA) is 32.3 Å². The molecule has 1 atom stereocenters. The van der Waals surface area contributed by atoms with Gasteiger partial charge in [0.15, 0.2) is 0 Å². The average molecular weight is 280 g/mol. The normalized spacial score (nSPS) is 20.1. The average Bonchev–Trinajstić information content (AvgIpc) is 2.81. The first-order valence-corrected chi connectivity index (χ1v) is 7.92. The Labute approximate surface area is 120 Å². The SMILES string of the molecule is CCC(C)(C)NC(=O)CN1CCc2sccc2[C@@H]1C. The number of fused-ring (bicyclic) bond motifs is 1. The summed E-state index contributed by atoms with van der Waals surface area (Å²) in [6, 6.07) is 2.55. The molecule has 1 aromatic rings. The van der Waals surface area contributed by atoms with Crippen molar-refractivity contribution in [3.05, 3.63) is 21.9 Å². The highest BCUT2D eigenvalue weighted by Gasteiger charge is 2.27. The van der Waals surface area contributed by atoms with E-state index in [1.807, 2.05) is 11.3 Å². The largest absolute Gasteiger partial charge is 0.350 e. The molecule has 0 aliphatic carbocycles. The van der Waals surface area contributed by atoms with Crippen molar-refractivity contribution in [2.24, 2.45) is 0 Å². The summed E-state index contributed by atoms with van der Waals surface area (Å²) in [5.41, 5.74) is 1.29.